The minimum Gasteiger partial charge on any atom is -0.392 e. The molecule has 2 fully saturated rings. The van der Waals surface area contributed by atoms with Crippen LogP contribution in [0.25, 0.3) is 0 Å². The minimum atomic E-state index is -0.366. The van der Waals surface area contributed by atoms with Crippen LogP contribution in [0.15, 0.2) is 30.3 Å². The molecule has 114 valence electrons. The summed E-state index contributed by atoms with van der Waals surface area (Å²) in [6.07, 6.45) is 3.47. The van der Waals surface area contributed by atoms with E-state index in [0.717, 1.165) is 32.4 Å². The summed E-state index contributed by atoms with van der Waals surface area (Å²) >= 11 is 0. The number of carbonyl (C=O) groups is 1. The molecule has 0 aromatic heterocycles. The summed E-state index contributed by atoms with van der Waals surface area (Å²) in [6.45, 7) is 2.25. The number of β-amino-alcohol motifs (C(OH)–C–C–N with tert-alkyl or cyclic N) is 1. The SMILES string of the molecule is O=C([C@@H]1C[C@@H](O)CN1)N1CCC(Cc2ccccc2)CC1. The summed E-state index contributed by atoms with van der Waals surface area (Å²) in [7, 11) is 0. The van der Waals surface area contributed by atoms with Gasteiger partial charge in [0, 0.05) is 19.6 Å². The molecule has 1 aromatic rings. The molecule has 0 bridgehead atoms. The Morgan fingerprint density at radius 3 is 2.57 bits per heavy atom. The van der Waals surface area contributed by atoms with Crippen LogP contribution in [0.2, 0.25) is 0 Å². The van der Waals surface area contributed by atoms with Crippen LogP contribution in [0.5, 0.6) is 0 Å². The Bertz CT molecular complexity index is 469. The first-order valence-electron chi connectivity index (χ1n) is 7.96. The number of aliphatic hydroxyl groups excluding tert-OH is 1. The lowest BCUT2D eigenvalue weighted by atomic mass is 9.90. The molecule has 0 spiro atoms. The fourth-order valence-corrected chi connectivity index (χ4v) is 3.43. The van der Waals surface area contributed by atoms with Crippen molar-refractivity contribution in [3.05, 3.63) is 35.9 Å². The Balaban J connectivity index is 1.47. The summed E-state index contributed by atoms with van der Waals surface area (Å²) in [5, 5.41) is 12.6. The molecule has 4 nitrogen and oxygen atoms in total. The fraction of sp³-hybridized carbons (Fsp3) is 0.588. The maximum atomic E-state index is 12.4. The highest BCUT2D eigenvalue weighted by molar-refractivity contribution is 5.82. The quantitative estimate of drug-likeness (QED) is 0.878. The third kappa shape index (κ3) is 3.63. The van der Waals surface area contributed by atoms with Crippen molar-refractivity contribution in [2.45, 2.75) is 37.8 Å². The van der Waals surface area contributed by atoms with Gasteiger partial charge in [-0.1, -0.05) is 30.3 Å². The van der Waals surface area contributed by atoms with E-state index in [1.807, 2.05) is 11.0 Å². The second kappa shape index (κ2) is 6.58. The predicted octanol–water partition coefficient (Wildman–Crippen LogP) is 1.19. The van der Waals surface area contributed by atoms with E-state index < -0.39 is 0 Å². The molecule has 3 rings (SSSR count). The van der Waals surface area contributed by atoms with Crippen molar-refractivity contribution < 1.29 is 9.90 Å². The van der Waals surface area contributed by atoms with Crippen LogP contribution in [-0.4, -0.2) is 47.7 Å². The molecule has 2 aliphatic heterocycles. The smallest absolute Gasteiger partial charge is 0.239 e. The van der Waals surface area contributed by atoms with E-state index in [0.29, 0.717) is 18.9 Å². The number of nitrogens with one attached hydrogen (secondary N) is 1. The van der Waals surface area contributed by atoms with Gasteiger partial charge in [0.1, 0.15) is 0 Å². The fourth-order valence-electron chi connectivity index (χ4n) is 3.43. The summed E-state index contributed by atoms with van der Waals surface area (Å²) in [5.74, 6) is 0.850. The zero-order chi connectivity index (χ0) is 14.7. The summed E-state index contributed by atoms with van der Waals surface area (Å²) in [5.41, 5.74) is 1.39. The van der Waals surface area contributed by atoms with Crippen molar-refractivity contribution in [1.82, 2.24) is 10.2 Å². The molecular formula is C17H24N2O2. The van der Waals surface area contributed by atoms with E-state index >= 15 is 0 Å². The molecule has 1 amide bonds. The number of nitrogens with zero attached hydrogens (tertiary/aromatic N) is 1. The van der Waals surface area contributed by atoms with E-state index in [1.165, 1.54) is 5.56 Å². The normalized spacial score (nSPS) is 27.0. The molecule has 2 atom stereocenters. The van der Waals surface area contributed by atoms with Crippen LogP contribution in [0.3, 0.4) is 0 Å². The van der Waals surface area contributed by atoms with Crippen LogP contribution < -0.4 is 5.32 Å². The maximum Gasteiger partial charge on any atom is 0.239 e. The Kier molecular flexibility index (Phi) is 4.56. The average Bonchev–Trinajstić information content (AvgIpc) is 2.95. The Morgan fingerprint density at radius 1 is 1.24 bits per heavy atom. The summed E-state index contributed by atoms with van der Waals surface area (Å²) in [6, 6.07) is 10.4. The number of piperidine rings is 1. The highest BCUT2D eigenvalue weighted by Crippen LogP contribution is 2.23. The molecular weight excluding hydrogens is 264 g/mol. The van der Waals surface area contributed by atoms with Crippen molar-refractivity contribution in [3.8, 4) is 0 Å². The molecule has 0 unspecified atom stereocenters. The van der Waals surface area contributed by atoms with Crippen molar-refractivity contribution in [2.24, 2.45) is 5.92 Å². The number of aliphatic hydroxyl groups is 1. The van der Waals surface area contributed by atoms with Gasteiger partial charge in [-0.15, -0.1) is 0 Å². The number of amides is 1. The molecule has 4 heteroatoms. The van der Waals surface area contributed by atoms with Crippen LogP contribution in [-0.2, 0) is 11.2 Å². The van der Waals surface area contributed by atoms with Crippen LogP contribution >= 0.6 is 0 Å². The first-order chi connectivity index (χ1) is 10.2. The first kappa shape index (κ1) is 14.5. The average molecular weight is 288 g/mol. The van der Waals surface area contributed by atoms with Gasteiger partial charge in [0.05, 0.1) is 12.1 Å². The van der Waals surface area contributed by atoms with Gasteiger partial charge in [0.25, 0.3) is 0 Å². The molecule has 2 N–H and O–H groups in total. The van der Waals surface area contributed by atoms with Gasteiger partial charge in [-0.2, -0.15) is 0 Å². The maximum absolute atomic E-state index is 12.4. The van der Waals surface area contributed by atoms with Gasteiger partial charge in [-0.25, -0.2) is 0 Å². The number of rotatable bonds is 3. The van der Waals surface area contributed by atoms with E-state index in [2.05, 4.69) is 29.6 Å². The monoisotopic (exact) mass is 288 g/mol. The molecule has 0 saturated carbocycles. The summed E-state index contributed by atoms with van der Waals surface area (Å²) in [4.78, 5) is 14.3. The van der Waals surface area contributed by atoms with Crippen molar-refractivity contribution >= 4 is 5.91 Å². The van der Waals surface area contributed by atoms with Crippen molar-refractivity contribution in [1.29, 1.82) is 0 Å². The van der Waals surface area contributed by atoms with Crippen LogP contribution in [0.1, 0.15) is 24.8 Å². The van der Waals surface area contributed by atoms with Gasteiger partial charge < -0.3 is 15.3 Å². The van der Waals surface area contributed by atoms with Gasteiger partial charge in [-0.3, -0.25) is 4.79 Å². The van der Waals surface area contributed by atoms with Crippen LogP contribution in [0, 0.1) is 5.92 Å². The second-order valence-electron chi connectivity index (χ2n) is 6.31. The number of likely N-dealkylation sites (tertiary alicyclic amines) is 1. The second-order valence-corrected chi connectivity index (χ2v) is 6.31. The number of benzene rings is 1. The zero-order valence-corrected chi connectivity index (χ0v) is 12.4. The largest absolute Gasteiger partial charge is 0.392 e. The van der Waals surface area contributed by atoms with Crippen molar-refractivity contribution in [2.75, 3.05) is 19.6 Å². The van der Waals surface area contributed by atoms with E-state index in [9.17, 15) is 9.90 Å². The van der Waals surface area contributed by atoms with Gasteiger partial charge in [0.2, 0.25) is 5.91 Å². The van der Waals surface area contributed by atoms with Crippen LogP contribution in [0.4, 0.5) is 0 Å². The highest BCUT2D eigenvalue weighted by Gasteiger charge is 2.32. The Morgan fingerprint density at radius 2 is 1.95 bits per heavy atom. The van der Waals surface area contributed by atoms with E-state index in [1.54, 1.807) is 0 Å². The molecule has 0 radical (unpaired) electrons. The third-order valence-corrected chi connectivity index (χ3v) is 4.70. The van der Waals surface area contributed by atoms with E-state index in [-0.39, 0.29) is 18.1 Å². The van der Waals surface area contributed by atoms with Crippen molar-refractivity contribution in [3.63, 3.8) is 0 Å². The van der Waals surface area contributed by atoms with Gasteiger partial charge >= 0.3 is 0 Å². The Hall–Kier alpha value is -1.39. The topological polar surface area (TPSA) is 52.6 Å². The summed E-state index contributed by atoms with van der Waals surface area (Å²) < 4.78 is 0. The lowest BCUT2D eigenvalue weighted by Crippen LogP contribution is -2.47. The molecule has 0 aliphatic carbocycles. The zero-order valence-electron chi connectivity index (χ0n) is 12.4. The number of hydrogen-bond donors (Lipinski definition) is 2. The number of carbonyl (C=O) groups excluding carboxylic acids is 1. The lowest BCUT2D eigenvalue weighted by molar-refractivity contribution is -0.134. The third-order valence-electron chi connectivity index (χ3n) is 4.70. The highest BCUT2D eigenvalue weighted by atomic mass is 16.3. The van der Waals surface area contributed by atoms with Gasteiger partial charge in [0.15, 0.2) is 0 Å². The predicted molar refractivity (Wildman–Crippen MR) is 81.9 cm³/mol. The molecule has 1 aromatic carbocycles. The molecule has 21 heavy (non-hydrogen) atoms. The minimum absolute atomic E-state index is 0.171. The molecule has 2 saturated heterocycles. The lowest BCUT2D eigenvalue weighted by Gasteiger charge is -2.33. The molecule has 2 heterocycles. The standard InChI is InChI=1S/C17H24N2O2/c20-15-11-16(18-12-15)17(21)19-8-6-14(7-9-19)10-13-4-2-1-3-5-13/h1-5,14-16,18,20H,6-12H2/t15-,16+/m1/s1. The van der Waals surface area contributed by atoms with Gasteiger partial charge in [-0.05, 0) is 37.2 Å². The Labute approximate surface area is 126 Å². The van der Waals surface area contributed by atoms with E-state index in [4.69, 9.17) is 0 Å². The first-order valence-corrected chi connectivity index (χ1v) is 7.96. The molecule has 2 aliphatic rings. The number of hydrogen-bond acceptors (Lipinski definition) is 3.